The summed E-state index contributed by atoms with van der Waals surface area (Å²) in [7, 11) is 0. The third kappa shape index (κ3) is 2.70. The molecule has 1 amide bonds. The summed E-state index contributed by atoms with van der Waals surface area (Å²) in [6.07, 6.45) is -0.955. The molecular formula is C13H14N2O6. The van der Waals surface area contributed by atoms with Crippen LogP contribution in [0, 0.1) is 17.0 Å². The lowest BCUT2D eigenvalue weighted by Gasteiger charge is -2.21. The molecule has 112 valence electrons. The van der Waals surface area contributed by atoms with Crippen LogP contribution in [0.3, 0.4) is 0 Å². The Morgan fingerprint density at radius 1 is 1.43 bits per heavy atom. The van der Waals surface area contributed by atoms with Crippen LogP contribution < -0.4 is 0 Å². The maximum Gasteiger partial charge on any atom is 0.326 e. The summed E-state index contributed by atoms with van der Waals surface area (Å²) in [6, 6.07) is 2.94. The molecule has 0 bridgehead atoms. The van der Waals surface area contributed by atoms with Gasteiger partial charge in [-0.2, -0.15) is 0 Å². The van der Waals surface area contributed by atoms with Crippen molar-refractivity contribution in [2.45, 2.75) is 25.5 Å². The number of nitro benzene ring substituents is 1. The van der Waals surface area contributed by atoms with Gasteiger partial charge in [0.1, 0.15) is 6.04 Å². The molecule has 8 heteroatoms. The quantitative estimate of drug-likeness (QED) is 0.620. The number of carboxylic acids is 1. The molecule has 0 saturated carbocycles. The number of aliphatic hydroxyl groups excluding tert-OH is 1. The molecule has 1 aromatic carbocycles. The number of benzene rings is 1. The van der Waals surface area contributed by atoms with Crippen molar-refractivity contribution >= 4 is 17.6 Å². The van der Waals surface area contributed by atoms with Gasteiger partial charge in [0.05, 0.1) is 11.0 Å². The number of hydrogen-bond acceptors (Lipinski definition) is 5. The Hall–Kier alpha value is -2.48. The van der Waals surface area contributed by atoms with Gasteiger partial charge in [0.2, 0.25) is 0 Å². The second-order valence-corrected chi connectivity index (χ2v) is 4.91. The van der Waals surface area contributed by atoms with Crippen LogP contribution in [0.5, 0.6) is 0 Å². The maximum atomic E-state index is 12.4. The van der Waals surface area contributed by atoms with Crippen LogP contribution in [0.25, 0.3) is 0 Å². The largest absolute Gasteiger partial charge is 0.480 e. The summed E-state index contributed by atoms with van der Waals surface area (Å²) in [5, 5.41) is 29.5. The van der Waals surface area contributed by atoms with Gasteiger partial charge in [-0.3, -0.25) is 14.9 Å². The molecule has 0 spiro atoms. The average Bonchev–Trinajstić information content (AvgIpc) is 2.80. The van der Waals surface area contributed by atoms with Gasteiger partial charge in [-0.1, -0.05) is 6.07 Å². The first kappa shape index (κ1) is 14.9. The van der Waals surface area contributed by atoms with Crippen LogP contribution in [0.4, 0.5) is 5.69 Å². The monoisotopic (exact) mass is 294 g/mol. The van der Waals surface area contributed by atoms with Crippen molar-refractivity contribution in [3.8, 4) is 0 Å². The van der Waals surface area contributed by atoms with Gasteiger partial charge in [-0.05, 0) is 13.0 Å². The van der Waals surface area contributed by atoms with E-state index in [0.29, 0.717) is 0 Å². The van der Waals surface area contributed by atoms with E-state index in [-0.39, 0.29) is 29.8 Å². The minimum atomic E-state index is -1.21. The van der Waals surface area contributed by atoms with Gasteiger partial charge >= 0.3 is 5.97 Å². The Bertz CT molecular complexity index is 615. The Labute approximate surface area is 119 Å². The molecule has 1 aliphatic rings. The fourth-order valence-corrected chi connectivity index (χ4v) is 2.48. The predicted molar refractivity (Wildman–Crippen MR) is 70.9 cm³/mol. The second-order valence-electron chi connectivity index (χ2n) is 4.91. The van der Waals surface area contributed by atoms with Crippen molar-refractivity contribution in [3.05, 3.63) is 39.4 Å². The summed E-state index contributed by atoms with van der Waals surface area (Å²) < 4.78 is 0. The summed E-state index contributed by atoms with van der Waals surface area (Å²) in [6.45, 7) is 1.34. The first-order valence-electron chi connectivity index (χ1n) is 6.28. The molecule has 8 nitrogen and oxygen atoms in total. The van der Waals surface area contributed by atoms with Crippen LogP contribution in [0.15, 0.2) is 18.2 Å². The number of β-amino-alcohol motifs (C(OH)–C–C–N with tert-alkyl or cyclic N) is 1. The SMILES string of the molecule is Cc1c(C(=O)N2C[C@H](O)C[C@H]2C(=O)O)cccc1[N+](=O)[O-]. The summed E-state index contributed by atoms with van der Waals surface area (Å²) >= 11 is 0. The molecule has 1 heterocycles. The average molecular weight is 294 g/mol. The van der Waals surface area contributed by atoms with Crippen molar-refractivity contribution in [2.24, 2.45) is 0 Å². The molecule has 0 aliphatic carbocycles. The molecule has 2 N–H and O–H groups in total. The highest BCUT2D eigenvalue weighted by atomic mass is 16.6. The summed E-state index contributed by atoms with van der Waals surface area (Å²) in [5.41, 5.74) is 0.0510. The normalized spacial score (nSPS) is 21.3. The highest BCUT2D eigenvalue weighted by Crippen LogP contribution is 2.26. The van der Waals surface area contributed by atoms with Crippen LogP contribution in [-0.2, 0) is 4.79 Å². The number of nitrogens with zero attached hydrogens (tertiary/aromatic N) is 2. The van der Waals surface area contributed by atoms with E-state index in [9.17, 15) is 24.8 Å². The molecule has 2 rings (SSSR count). The summed E-state index contributed by atoms with van der Waals surface area (Å²) in [4.78, 5) is 34.9. The third-order valence-corrected chi connectivity index (χ3v) is 3.56. The molecule has 0 unspecified atom stereocenters. The third-order valence-electron chi connectivity index (χ3n) is 3.56. The van der Waals surface area contributed by atoms with Crippen LogP contribution in [0.1, 0.15) is 22.3 Å². The minimum Gasteiger partial charge on any atom is -0.480 e. The molecule has 0 radical (unpaired) electrons. The van der Waals surface area contributed by atoms with E-state index in [1.807, 2.05) is 0 Å². The van der Waals surface area contributed by atoms with Gasteiger partial charge in [0, 0.05) is 30.2 Å². The number of amides is 1. The second kappa shape index (κ2) is 5.49. The number of carbonyl (C=O) groups is 2. The molecule has 1 fully saturated rings. The number of rotatable bonds is 3. The Kier molecular flexibility index (Phi) is 3.90. The lowest BCUT2D eigenvalue weighted by Crippen LogP contribution is -2.40. The van der Waals surface area contributed by atoms with E-state index < -0.39 is 28.9 Å². The fraction of sp³-hybridized carbons (Fsp3) is 0.385. The zero-order valence-corrected chi connectivity index (χ0v) is 11.2. The number of aliphatic carboxylic acids is 1. The first-order valence-corrected chi connectivity index (χ1v) is 6.28. The van der Waals surface area contributed by atoms with Gasteiger partial charge in [-0.15, -0.1) is 0 Å². The maximum absolute atomic E-state index is 12.4. The number of likely N-dealkylation sites (tertiary alicyclic amines) is 1. The van der Waals surface area contributed by atoms with E-state index in [1.54, 1.807) is 0 Å². The molecule has 21 heavy (non-hydrogen) atoms. The highest BCUT2D eigenvalue weighted by molar-refractivity contribution is 5.99. The van der Waals surface area contributed by atoms with Gasteiger partial charge in [0.15, 0.2) is 0 Å². The molecular weight excluding hydrogens is 280 g/mol. The fourth-order valence-electron chi connectivity index (χ4n) is 2.48. The van der Waals surface area contributed by atoms with Gasteiger partial charge in [-0.25, -0.2) is 4.79 Å². The van der Waals surface area contributed by atoms with Crippen molar-refractivity contribution in [2.75, 3.05) is 6.54 Å². The first-order chi connectivity index (χ1) is 9.82. The highest BCUT2D eigenvalue weighted by Gasteiger charge is 2.40. The van der Waals surface area contributed by atoms with Crippen molar-refractivity contribution < 1.29 is 24.7 Å². The molecule has 0 aromatic heterocycles. The number of carboxylic acid groups (broad SMARTS) is 1. The van der Waals surface area contributed by atoms with Crippen LogP contribution >= 0.6 is 0 Å². The topological polar surface area (TPSA) is 121 Å². The van der Waals surface area contributed by atoms with Crippen molar-refractivity contribution in [3.63, 3.8) is 0 Å². The van der Waals surface area contributed by atoms with Crippen molar-refractivity contribution in [1.82, 2.24) is 4.90 Å². The number of nitro groups is 1. The van der Waals surface area contributed by atoms with E-state index >= 15 is 0 Å². The predicted octanol–water partition coefficient (Wildman–Crippen LogP) is 0.563. The molecule has 1 aliphatic heterocycles. The minimum absolute atomic E-state index is 0.0466. The van der Waals surface area contributed by atoms with Gasteiger partial charge in [0.25, 0.3) is 11.6 Å². The Balaban J connectivity index is 2.38. The molecule has 1 aromatic rings. The van der Waals surface area contributed by atoms with Gasteiger partial charge < -0.3 is 15.1 Å². The van der Waals surface area contributed by atoms with E-state index in [0.717, 1.165) is 4.90 Å². The lowest BCUT2D eigenvalue weighted by molar-refractivity contribution is -0.385. The molecule has 2 atom stereocenters. The zero-order chi connectivity index (χ0) is 15.7. The van der Waals surface area contributed by atoms with Crippen molar-refractivity contribution in [1.29, 1.82) is 0 Å². The van der Waals surface area contributed by atoms with E-state index in [2.05, 4.69) is 0 Å². The standard InChI is InChI=1S/C13H14N2O6/c1-7-9(3-2-4-10(7)15(20)21)12(17)14-6-8(16)5-11(14)13(18)19/h2-4,8,11,16H,5-6H2,1H3,(H,18,19)/t8-,11+/m1/s1. The lowest BCUT2D eigenvalue weighted by atomic mass is 10.1. The van der Waals surface area contributed by atoms with E-state index in [1.165, 1.54) is 25.1 Å². The zero-order valence-electron chi connectivity index (χ0n) is 11.2. The van der Waals surface area contributed by atoms with E-state index in [4.69, 9.17) is 5.11 Å². The number of hydrogen-bond donors (Lipinski definition) is 2. The molecule has 1 saturated heterocycles. The Morgan fingerprint density at radius 3 is 2.67 bits per heavy atom. The number of carbonyl (C=O) groups excluding carboxylic acids is 1. The smallest absolute Gasteiger partial charge is 0.326 e. The number of aliphatic hydroxyl groups is 1. The Morgan fingerprint density at radius 2 is 2.10 bits per heavy atom. The van der Waals surface area contributed by atoms with Crippen LogP contribution in [0.2, 0.25) is 0 Å². The summed E-state index contributed by atoms with van der Waals surface area (Å²) in [5.74, 6) is -1.83. The van der Waals surface area contributed by atoms with Crippen LogP contribution in [-0.4, -0.2) is 50.6 Å².